The van der Waals surface area contributed by atoms with E-state index in [1.807, 2.05) is 18.2 Å². The predicted molar refractivity (Wildman–Crippen MR) is 183 cm³/mol. The zero-order chi connectivity index (χ0) is 30.8. The Labute approximate surface area is 264 Å². The minimum atomic E-state index is -0.114. The molecule has 244 valence electrons. The molecule has 0 aliphatic carbocycles. The SMILES string of the molecule is CCCCCCCCCCCCOC(=O)CCSCCC(=O)OCCCCCCCCCCCC.Cc1ccccc1. The molecule has 0 amide bonds. The number of hydrogen-bond donors (Lipinski definition) is 0. The minimum Gasteiger partial charge on any atom is -0.466 e. The van der Waals surface area contributed by atoms with Crippen LogP contribution in [0.2, 0.25) is 0 Å². The number of rotatable bonds is 28. The molecule has 0 aliphatic rings. The lowest BCUT2D eigenvalue weighted by Crippen LogP contribution is -2.09. The molecule has 0 N–H and O–H groups in total. The van der Waals surface area contributed by atoms with Crippen molar-refractivity contribution in [1.82, 2.24) is 0 Å². The molecule has 42 heavy (non-hydrogen) atoms. The van der Waals surface area contributed by atoms with E-state index in [0.29, 0.717) is 37.6 Å². The molecule has 0 aromatic heterocycles. The number of ether oxygens (including phenoxy) is 2. The molecule has 0 aliphatic heterocycles. The topological polar surface area (TPSA) is 52.6 Å². The van der Waals surface area contributed by atoms with Crippen molar-refractivity contribution in [2.45, 2.75) is 162 Å². The number of hydrogen-bond acceptors (Lipinski definition) is 5. The second-order valence-corrected chi connectivity index (χ2v) is 12.8. The second kappa shape index (κ2) is 34.0. The van der Waals surface area contributed by atoms with Gasteiger partial charge in [-0.1, -0.05) is 165 Å². The Bertz CT molecular complexity index is 654. The van der Waals surface area contributed by atoms with Crippen LogP contribution in [0.4, 0.5) is 0 Å². The average Bonchev–Trinajstić information content (AvgIpc) is 2.99. The molecule has 4 nitrogen and oxygen atoms in total. The molecule has 0 atom stereocenters. The third-order valence-electron chi connectivity index (χ3n) is 7.36. The van der Waals surface area contributed by atoms with Crippen LogP contribution in [0, 0.1) is 6.92 Å². The summed E-state index contributed by atoms with van der Waals surface area (Å²) in [5, 5.41) is 0. The van der Waals surface area contributed by atoms with Gasteiger partial charge in [-0.2, -0.15) is 11.8 Å². The Morgan fingerprint density at radius 2 is 0.857 bits per heavy atom. The molecule has 0 saturated heterocycles. The summed E-state index contributed by atoms with van der Waals surface area (Å²) in [4.78, 5) is 23.6. The van der Waals surface area contributed by atoms with Gasteiger partial charge in [0.25, 0.3) is 0 Å². The van der Waals surface area contributed by atoms with Gasteiger partial charge in [0.2, 0.25) is 0 Å². The lowest BCUT2D eigenvalue weighted by Gasteiger charge is -2.06. The number of carbonyl (C=O) groups excluding carboxylic acids is 2. The smallest absolute Gasteiger partial charge is 0.306 e. The minimum absolute atomic E-state index is 0.114. The van der Waals surface area contributed by atoms with Gasteiger partial charge in [0.1, 0.15) is 0 Å². The predicted octanol–water partition coefficient (Wildman–Crippen LogP) is 11.4. The fraction of sp³-hybridized carbons (Fsp3) is 0.784. The Morgan fingerprint density at radius 1 is 0.524 bits per heavy atom. The third kappa shape index (κ3) is 33.0. The van der Waals surface area contributed by atoms with Gasteiger partial charge >= 0.3 is 11.9 Å². The Kier molecular flexibility index (Phi) is 32.8. The highest BCUT2D eigenvalue weighted by molar-refractivity contribution is 7.99. The van der Waals surface area contributed by atoms with Crippen molar-refractivity contribution in [3.05, 3.63) is 35.9 Å². The number of esters is 2. The van der Waals surface area contributed by atoms with Crippen LogP contribution in [0.5, 0.6) is 0 Å². The van der Waals surface area contributed by atoms with E-state index in [1.54, 1.807) is 11.8 Å². The van der Waals surface area contributed by atoms with Gasteiger partial charge in [0.05, 0.1) is 26.1 Å². The first-order chi connectivity index (χ1) is 20.6. The van der Waals surface area contributed by atoms with Gasteiger partial charge in [0.15, 0.2) is 0 Å². The molecule has 0 unspecified atom stereocenters. The second-order valence-electron chi connectivity index (χ2n) is 11.6. The highest BCUT2D eigenvalue weighted by atomic mass is 32.2. The zero-order valence-electron chi connectivity index (χ0n) is 27.8. The summed E-state index contributed by atoms with van der Waals surface area (Å²) in [6.07, 6.45) is 26.5. The lowest BCUT2D eigenvalue weighted by atomic mass is 10.1. The summed E-state index contributed by atoms with van der Waals surface area (Å²) in [6.45, 7) is 7.69. The number of unbranched alkanes of at least 4 members (excludes halogenated alkanes) is 18. The van der Waals surface area contributed by atoms with E-state index in [2.05, 4.69) is 32.9 Å². The fourth-order valence-corrected chi connectivity index (χ4v) is 5.47. The summed E-state index contributed by atoms with van der Waals surface area (Å²) in [7, 11) is 0. The highest BCUT2D eigenvalue weighted by Gasteiger charge is 2.06. The monoisotopic (exact) mass is 606 g/mol. The first-order valence-electron chi connectivity index (χ1n) is 17.5. The van der Waals surface area contributed by atoms with Gasteiger partial charge in [-0.3, -0.25) is 9.59 Å². The van der Waals surface area contributed by atoms with Crippen molar-refractivity contribution in [2.24, 2.45) is 0 Å². The number of aryl methyl sites for hydroxylation is 1. The quantitative estimate of drug-likeness (QED) is 0.0701. The van der Waals surface area contributed by atoms with Crippen LogP contribution in [0.1, 0.15) is 161 Å². The van der Waals surface area contributed by atoms with Crippen molar-refractivity contribution in [1.29, 1.82) is 0 Å². The van der Waals surface area contributed by atoms with Gasteiger partial charge in [-0.15, -0.1) is 0 Å². The summed E-state index contributed by atoms with van der Waals surface area (Å²) in [5.74, 6) is 1.19. The van der Waals surface area contributed by atoms with E-state index < -0.39 is 0 Å². The molecule has 5 heteroatoms. The summed E-state index contributed by atoms with van der Waals surface area (Å²) in [6, 6.07) is 10.3. The highest BCUT2D eigenvalue weighted by Crippen LogP contribution is 2.12. The van der Waals surface area contributed by atoms with Crippen LogP contribution in [-0.4, -0.2) is 36.7 Å². The molecule has 1 aromatic carbocycles. The first-order valence-corrected chi connectivity index (χ1v) is 18.7. The Morgan fingerprint density at radius 3 is 1.17 bits per heavy atom. The van der Waals surface area contributed by atoms with Crippen LogP contribution in [0.3, 0.4) is 0 Å². The zero-order valence-corrected chi connectivity index (χ0v) is 28.6. The molecular weight excluding hydrogens is 540 g/mol. The fourth-order valence-electron chi connectivity index (χ4n) is 4.64. The van der Waals surface area contributed by atoms with Crippen molar-refractivity contribution in [3.63, 3.8) is 0 Å². The van der Waals surface area contributed by atoms with Gasteiger partial charge in [-0.25, -0.2) is 0 Å². The first kappa shape index (κ1) is 40.5. The van der Waals surface area contributed by atoms with Crippen molar-refractivity contribution >= 4 is 23.7 Å². The Balaban J connectivity index is 0.00000207. The molecule has 0 bridgehead atoms. The van der Waals surface area contributed by atoms with Gasteiger partial charge in [-0.05, 0) is 19.8 Å². The van der Waals surface area contributed by atoms with Crippen LogP contribution in [0.25, 0.3) is 0 Å². The maximum atomic E-state index is 11.8. The van der Waals surface area contributed by atoms with E-state index in [1.165, 1.54) is 108 Å². The van der Waals surface area contributed by atoms with E-state index in [9.17, 15) is 9.59 Å². The molecule has 0 fully saturated rings. The molecule has 0 heterocycles. The van der Waals surface area contributed by atoms with E-state index in [-0.39, 0.29) is 11.9 Å². The molecule has 0 spiro atoms. The number of benzene rings is 1. The molecule has 0 radical (unpaired) electrons. The third-order valence-corrected chi connectivity index (χ3v) is 8.35. The Hall–Kier alpha value is -1.49. The summed E-state index contributed by atoms with van der Waals surface area (Å²) < 4.78 is 10.6. The molecule has 0 saturated carbocycles. The van der Waals surface area contributed by atoms with E-state index in [4.69, 9.17) is 9.47 Å². The van der Waals surface area contributed by atoms with Gasteiger partial charge in [0, 0.05) is 11.5 Å². The lowest BCUT2D eigenvalue weighted by molar-refractivity contribution is -0.144. The van der Waals surface area contributed by atoms with Crippen LogP contribution < -0.4 is 0 Å². The number of carbonyl (C=O) groups is 2. The number of thioether (sulfide) groups is 1. The van der Waals surface area contributed by atoms with E-state index >= 15 is 0 Å². The molecule has 1 aromatic rings. The summed E-state index contributed by atoms with van der Waals surface area (Å²) >= 11 is 1.63. The maximum absolute atomic E-state index is 11.8. The van der Waals surface area contributed by atoms with Crippen LogP contribution in [-0.2, 0) is 19.1 Å². The standard InChI is InChI=1S/C30H58O4S.C7H8/c1-3-5-7-9-11-13-15-17-19-21-25-33-29(31)23-27-35-28-24-30(32)34-26-22-20-18-16-14-12-10-8-6-4-2;1-7-5-3-2-4-6-7/h3-28H2,1-2H3;2-6H,1H3. The van der Waals surface area contributed by atoms with Crippen molar-refractivity contribution < 1.29 is 19.1 Å². The molecule has 1 rings (SSSR count). The van der Waals surface area contributed by atoms with Crippen molar-refractivity contribution in [2.75, 3.05) is 24.7 Å². The largest absolute Gasteiger partial charge is 0.466 e. The summed E-state index contributed by atoms with van der Waals surface area (Å²) in [5.41, 5.74) is 1.32. The van der Waals surface area contributed by atoms with Crippen LogP contribution in [0.15, 0.2) is 30.3 Å². The maximum Gasteiger partial charge on any atom is 0.306 e. The van der Waals surface area contributed by atoms with Crippen LogP contribution >= 0.6 is 11.8 Å². The van der Waals surface area contributed by atoms with E-state index in [0.717, 1.165) is 25.7 Å². The van der Waals surface area contributed by atoms with Crippen molar-refractivity contribution in [3.8, 4) is 0 Å². The normalized spacial score (nSPS) is 10.6. The molecular formula is C37H66O4S. The average molecular weight is 607 g/mol. The van der Waals surface area contributed by atoms with Gasteiger partial charge < -0.3 is 9.47 Å².